The molecule has 0 fully saturated rings. The van der Waals surface area contributed by atoms with E-state index in [1.807, 2.05) is 0 Å². The first kappa shape index (κ1) is 21.2. The van der Waals surface area contributed by atoms with E-state index < -0.39 is 39.7 Å². The Bertz CT molecular complexity index is 1160. The van der Waals surface area contributed by atoms with Gasteiger partial charge in [0.25, 0.3) is 5.91 Å². The SMILES string of the molecule is Cc1c([N+](=O)[O-])c([N+](=O)[O-])nn1CC(=O)Nc1cn(C)nc1C(=O)NCc1ccco1. The molecule has 0 atom stereocenters. The van der Waals surface area contributed by atoms with Gasteiger partial charge < -0.3 is 25.2 Å². The van der Waals surface area contributed by atoms with Gasteiger partial charge in [-0.3, -0.25) is 24.4 Å². The molecular formula is C16H16N8O7. The molecule has 162 valence electrons. The van der Waals surface area contributed by atoms with Crippen LogP contribution in [0.3, 0.4) is 0 Å². The van der Waals surface area contributed by atoms with Crippen molar-refractivity contribution < 1.29 is 23.9 Å². The molecule has 0 radical (unpaired) electrons. The molecule has 15 nitrogen and oxygen atoms in total. The number of anilines is 1. The first-order chi connectivity index (χ1) is 14.7. The Hall–Kier alpha value is -4.56. The van der Waals surface area contributed by atoms with Gasteiger partial charge in [-0.2, -0.15) is 9.78 Å². The van der Waals surface area contributed by atoms with Crippen LogP contribution in [0.15, 0.2) is 29.0 Å². The van der Waals surface area contributed by atoms with Crippen molar-refractivity contribution in [1.29, 1.82) is 0 Å². The van der Waals surface area contributed by atoms with E-state index in [2.05, 4.69) is 20.8 Å². The molecule has 0 unspecified atom stereocenters. The quantitative estimate of drug-likeness (QED) is 0.384. The number of nitrogens with zero attached hydrogens (tertiary/aromatic N) is 6. The van der Waals surface area contributed by atoms with E-state index >= 15 is 0 Å². The second kappa shape index (κ2) is 8.44. The van der Waals surface area contributed by atoms with Crippen molar-refractivity contribution in [3.05, 3.63) is 62.0 Å². The van der Waals surface area contributed by atoms with Crippen LogP contribution in [0.4, 0.5) is 17.2 Å². The van der Waals surface area contributed by atoms with Gasteiger partial charge in [-0.1, -0.05) is 0 Å². The molecule has 3 rings (SSSR count). The van der Waals surface area contributed by atoms with Crippen LogP contribution < -0.4 is 10.6 Å². The van der Waals surface area contributed by atoms with E-state index in [-0.39, 0.29) is 23.6 Å². The molecule has 31 heavy (non-hydrogen) atoms. The van der Waals surface area contributed by atoms with E-state index in [0.29, 0.717) is 5.76 Å². The third-order valence-electron chi connectivity index (χ3n) is 4.13. The van der Waals surface area contributed by atoms with Gasteiger partial charge in [-0.05, 0) is 24.0 Å². The summed E-state index contributed by atoms with van der Waals surface area (Å²) in [5.41, 5.74) is -0.943. The van der Waals surface area contributed by atoms with Crippen LogP contribution in [0.25, 0.3) is 0 Å². The molecule has 3 heterocycles. The lowest BCUT2D eigenvalue weighted by atomic mass is 10.3. The van der Waals surface area contributed by atoms with Crippen LogP contribution in [0, 0.1) is 27.2 Å². The summed E-state index contributed by atoms with van der Waals surface area (Å²) in [6.07, 6.45) is 2.85. The second-order valence-corrected chi connectivity index (χ2v) is 6.30. The molecular weight excluding hydrogens is 416 g/mol. The Morgan fingerprint density at radius 2 is 1.97 bits per heavy atom. The van der Waals surface area contributed by atoms with Crippen molar-refractivity contribution in [2.75, 3.05) is 5.32 Å². The molecule has 2 amide bonds. The molecule has 3 aromatic heterocycles. The number of amides is 2. The van der Waals surface area contributed by atoms with Crippen molar-refractivity contribution in [2.45, 2.75) is 20.0 Å². The molecule has 15 heteroatoms. The first-order valence-electron chi connectivity index (χ1n) is 8.67. The molecule has 0 bridgehead atoms. The Kier molecular flexibility index (Phi) is 5.76. The van der Waals surface area contributed by atoms with Crippen LogP contribution in [-0.2, 0) is 24.9 Å². The predicted octanol–water partition coefficient (Wildman–Crippen LogP) is 0.903. The predicted molar refractivity (Wildman–Crippen MR) is 102 cm³/mol. The number of nitrogens with one attached hydrogen (secondary N) is 2. The van der Waals surface area contributed by atoms with Crippen molar-refractivity contribution in [3.63, 3.8) is 0 Å². The number of aryl methyl sites for hydroxylation is 1. The zero-order valence-electron chi connectivity index (χ0n) is 16.3. The number of rotatable bonds is 8. The average molecular weight is 432 g/mol. The molecule has 0 saturated heterocycles. The lowest BCUT2D eigenvalue weighted by Gasteiger charge is -2.05. The van der Waals surface area contributed by atoms with Crippen LogP contribution in [0.2, 0.25) is 0 Å². The lowest BCUT2D eigenvalue weighted by Crippen LogP contribution is -2.26. The summed E-state index contributed by atoms with van der Waals surface area (Å²) in [7, 11) is 1.54. The van der Waals surface area contributed by atoms with Gasteiger partial charge in [0.1, 0.15) is 18.0 Å². The Morgan fingerprint density at radius 3 is 2.55 bits per heavy atom. The van der Waals surface area contributed by atoms with Crippen molar-refractivity contribution >= 4 is 29.0 Å². The lowest BCUT2D eigenvalue weighted by molar-refractivity contribution is -0.424. The van der Waals surface area contributed by atoms with Crippen molar-refractivity contribution in [2.24, 2.45) is 7.05 Å². The summed E-state index contributed by atoms with van der Waals surface area (Å²) in [5.74, 6) is -1.74. The second-order valence-electron chi connectivity index (χ2n) is 6.30. The summed E-state index contributed by atoms with van der Waals surface area (Å²) < 4.78 is 7.28. The number of hydrogen-bond acceptors (Lipinski definition) is 9. The number of aromatic nitrogens is 4. The zero-order valence-corrected chi connectivity index (χ0v) is 16.3. The monoisotopic (exact) mass is 432 g/mol. The molecule has 0 aromatic carbocycles. The fraction of sp³-hybridized carbons (Fsp3) is 0.250. The normalized spacial score (nSPS) is 10.6. The maximum absolute atomic E-state index is 12.4. The zero-order chi connectivity index (χ0) is 22.7. The number of furan rings is 1. The van der Waals surface area contributed by atoms with Crippen molar-refractivity contribution in [3.8, 4) is 0 Å². The largest absolute Gasteiger partial charge is 0.468 e. The highest BCUT2D eigenvalue weighted by Gasteiger charge is 2.36. The van der Waals surface area contributed by atoms with Gasteiger partial charge in [0.2, 0.25) is 5.91 Å². The fourth-order valence-electron chi connectivity index (χ4n) is 2.75. The maximum atomic E-state index is 12.4. The molecule has 0 aliphatic carbocycles. The van der Waals surface area contributed by atoms with Gasteiger partial charge >= 0.3 is 11.5 Å². The minimum Gasteiger partial charge on any atom is -0.467 e. The number of carbonyl (C=O) groups is 2. The Balaban J connectivity index is 1.74. The van der Waals surface area contributed by atoms with Gasteiger partial charge in [0, 0.05) is 13.2 Å². The van der Waals surface area contributed by atoms with Gasteiger partial charge in [0.05, 0.1) is 28.5 Å². The van der Waals surface area contributed by atoms with Crippen LogP contribution in [-0.4, -0.2) is 41.2 Å². The fourth-order valence-corrected chi connectivity index (χ4v) is 2.75. The van der Waals surface area contributed by atoms with E-state index in [4.69, 9.17) is 4.42 Å². The van der Waals surface area contributed by atoms with Crippen LogP contribution in [0.1, 0.15) is 21.9 Å². The van der Waals surface area contributed by atoms with Gasteiger partial charge in [-0.25, -0.2) is 0 Å². The van der Waals surface area contributed by atoms with E-state index in [0.717, 1.165) is 4.68 Å². The summed E-state index contributed by atoms with van der Waals surface area (Å²) >= 11 is 0. The van der Waals surface area contributed by atoms with E-state index in [9.17, 15) is 29.8 Å². The highest BCUT2D eigenvalue weighted by atomic mass is 16.6. The Morgan fingerprint density at radius 1 is 1.23 bits per heavy atom. The topological polar surface area (TPSA) is 193 Å². The minimum atomic E-state index is -0.998. The number of hydrogen-bond donors (Lipinski definition) is 2. The molecule has 0 aliphatic heterocycles. The molecule has 2 N–H and O–H groups in total. The summed E-state index contributed by atoms with van der Waals surface area (Å²) in [4.78, 5) is 45.0. The highest BCUT2D eigenvalue weighted by Crippen LogP contribution is 2.29. The average Bonchev–Trinajstić information content (AvgIpc) is 3.40. The number of nitro groups is 2. The summed E-state index contributed by atoms with van der Waals surface area (Å²) in [6.45, 7) is 0.793. The molecule has 0 saturated carbocycles. The molecule has 0 aliphatic rings. The third-order valence-corrected chi connectivity index (χ3v) is 4.13. The van der Waals surface area contributed by atoms with E-state index in [1.54, 1.807) is 19.2 Å². The summed E-state index contributed by atoms with van der Waals surface area (Å²) in [5, 5.41) is 34.7. The highest BCUT2D eigenvalue weighted by molar-refractivity contribution is 6.02. The minimum absolute atomic E-state index is 0.0726. The molecule has 3 aromatic rings. The van der Waals surface area contributed by atoms with Crippen LogP contribution in [0.5, 0.6) is 0 Å². The van der Waals surface area contributed by atoms with Crippen LogP contribution >= 0.6 is 0 Å². The van der Waals surface area contributed by atoms with Gasteiger partial charge in [0.15, 0.2) is 5.69 Å². The maximum Gasteiger partial charge on any atom is 0.468 e. The standard InChI is InChI=1S/C16H16N8O7/c1-9-14(23(27)28)15(24(29)30)20-22(9)8-12(25)18-11-7-21(2)19-13(11)16(26)17-6-10-4-3-5-31-10/h3-5,7H,6,8H2,1-2H3,(H,17,26)(H,18,25). The van der Waals surface area contributed by atoms with Gasteiger partial charge in [-0.15, -0.1) is 0 Å². The summed E-state index contributed by atoms with van der Waals surface area (Å²) in [6, 6.07) is 3.34. The number of carbonyl (C=O) groups excluding carboxylic acids is 2. The third kappa shape index (κ3) is 4.55. The van der Waals surface area contributed by atoms with Crippen molar-refractivity contribution in [1.82, 2.24) is 24.9 Å². The smallest absolute Gasteiger partial charge is 0.467 e. The molecule has 0 spiro atoms. The Labute approximate surface area is 172 Å². The van der Waals surface area contributed by atoms with E-state index in [1.165, 1.54) is 24.1 Å². The first-order valence-corrected chi connectivity index (χ1v) is 8.67.